The van der Waals surface area contributed by atoms with E-state index in [0.717, 1.165) is 28.6 Å². The molecule has 0 radical (unpaired) electrons. The van der Waals surface area contributed by atoms with Gasteiger partial charge in [0, 0.05) is 10.2 Å². The van der Waals surface area contributed by atoms with Gasteiger partial charge in [-0.1, -0.05) is 58.1 Å². The Morgan fingerprint density at radius 1 is 1.08 bits per heavy atom. The van der Waals surface area contributed by atoms with Crippen molar-refractivity contribution in [2.45, 2.75) is 23.8 Å². The van der Waals surface area contributed by atoms with Gasteiger partial charge in [0.05, 0.1) is 0 Å². The molecule has 4 rings (SSSR count). The topological polar surface area (TPSA) is 57.4 Å². The summed E-state index contributed by atoms with van der Waals surface area (Å²) in [5, 5.41) is 8.63. The van der Waals surface area contributed by atoms with Gasteiger partial charge in [0.2, 0.25) is 5.76 Å². The zero-order valence-electron chi connectivity index (χ0n) is 13.7. The predicted molar refractivity (Wildman–Crippen MR) is 103 cm³/mol. The lowest BCUT2D eigenvalue weighted by Crippen LogP contribution is -2.03. The molecule has 0 N–H and O–H groups in total. The molecular weight excluding hydrogens is 416 g/mol. The third kappa shape index (κ3) is 4.11. The van der Waals surface area contributed by atoms with Gasteiger partial charge in [-0.15, -0.1) is 10.2 Å². The first-order valence-electron chi connectivity index (χ1n) is 8.09. The number of benzene rings is 1. The fraction of sp³-hybridized carbons (Fsp3) is 0.158. The first-order valence-corrected chi connectivity index (χ1v) is 9.86. The van der Waals surface area contributed by atoms with Gasteiger partial charge in [0.15, 0.2) is 5.76 Å². The molecule has 1 aliphatic heterocycles. The van der Waals surface area contributed by atoms with E-state index in [4.69, 9.17) is 13.9 Å². The van der Waals surface area contributed by atoms with Gasteiger partial charge in [-0.3, -0.25) is 0 Å². The molecule has 26 heavy (non-hydrogen) atoms. The van der Waals surface area contributed by atoms with E-state index in [9.17, 15) is 0 Å². The van der Waals surface area contributed by atoms with Crippen molar-refractivity contribution >= 4 is 33.5 Å². The molecule has 2 aliphatic rings. The molecule has 0 fully saturated rings. The SMILES string of the molecule is Brc1ccc(CSc2nnc(C3=COC=C(C4=CC=CCC4)O3)o2)cc1. The Morgan fingerprint density at radius 3 is 2.73 bits per heavy atom. The monoisotopic (exact) mass is 430 g/mol. The molecule has 2 aromatic rings. The van der Waals surface area contributed by atoms with E-state index in [1.165, 1.54) is 23.6 Å². The molecule has 0 atom stereocenters. The van der Waals surface area contributed by atoms with Crippen LogP contribution in [-0.2, 0) is 15.2 Å². The number of halogens is 1. The van der Waals surface area contributed by atoms with E-state index in [2.05, 4.69) is 44.3 Å². The van der Waals surface area contributed by atoms with Crippen LogP contribution in [0.2, 0.25) is 0 Å². The van der Waals surface area contributed by atoms with Crippen LogP contribution in [0.4, 0.5) is 0 Å². The molecule has 132 valence electrons. The summed E-state index contributed by atoms with van der Waals surface area (Å²) in [4.78, 5) is 0. The third-order valence-electron chi connectivity index (χ3n) is 3.79. The molecule has 0 amide bonds. The number of aromatic nitrogens is 2. The molecule has 0 unspecified atom stereocenters. The van der Waals surface area contributed by atoms with Gasteiger partial charge in [0.25, 0.3) is 11.1 Å². The molecule has 0 saturated heterocycles. The molecule has 1 aliphatic carbocycles. The van der Waals surface area contributed by atoms with Crippen molar-refractivity contribution in [3.63, 3.8) is 0 Å². The summed E-state index contributed by atoms with van der Waals surface area (Å²) in [7, 11) is 0. The van der Waals surface area contributed by atoms with Gasteiger partial charge in [-0.05, 0) is 36.1 Å². The van der Waals surface area contributed by atoms with Gasteiger partial charge >= 0.3 is 0 Å². The second kappa shape index (κ2) is 7.97. The zero-order valence-corrected chi connectivity index (χ0v) is 16.1. The lowest BCUT2D eigenvalue weighted by molar-refractivity contribution is 0.271. The third-order valence-corrected chi connectivity index (χ3v) is 5.21. The first kappa shape index (κ1) is 17.2. The minimum absolute atomic E-state index is 0.306. The van der Waals surface area contributed by atoms with Crippen LogP contribution in [0.15, 0.2) is 80.5 Å². The van der Waals surface area contributed by atoms with E-state index >= 15 is 0 Å². The summed E-state index contributed by atoms with van der Waals surface area (Å²) in [6.45, 7) is 0. The summed E-state index contributed by atoms with van der Waals surface area (Å²) in [5.74, 6) is 2.14. The van der Waals surface area contributed by atoms with Crippen molar-refractivity contribution in [2.75, 3.05) is 0 Å². The number of rotatable bonds is 5. The van der Waals surface area contributed by atoms with Crippen LogP contribution in [0.1, 0.15) is 24.3 Å². The van der Waals surface area contributed by atoms with Crippen LogP contribution < -0.4 is 0 Å². The second-order valence-corrected chi connectivity index (χ2v) is 7.49. The van der Waals surface area contributed by atoms with E-state index in [-0.39, 0.29) is 0 Å². The smallest absolute Gasteiger partial charge is 0.287 e. The Labute approximate surface area is 163 Å². The largest absolute Gasteiger partial charge is 0.465 e. The molecule has 1 aromatic heterocycles. The number of allylic oxidation sites excluding steroid dienone is 4. The van der Waals surface area contributed by atoms with Crippen LogP contribution in [0.25, 0.3) is 5.76 Å². The molecule has 2 heterocycles. The lowest BCUT2D eigenvalue weighted by Gasteiger charge is -2.17. The molecule has 7 heteroatoms. The number of nitrogens with zero attached hydrogens (tertiary/aromatic N) is 2. The van der Waals surface area contributed by atoms with E-state index < -0.39 is 0 Å². The van der Waals surface area contributed by atoms with Gasteiger partial charge in [-0.25, -0.2) is 0 Å². The molecule has 5 nitrogen and oxygen atoms in total. The Kier molecular flexibility index (Phi) is 5.26. The number of hydrogen-bond donors (Lipinski definition) is 0. The maximum Gasteiger partial charge on any atom is 0.287 e. The standard InChI is InChI=1S/C19H15BrN2O3S/c20-15-8-6-13(7-9-15)12-26-19-22-21-18(25-19)17-11-23-10-16(24-17)14-4-2-1-3-5-14/h1-2,4,6-11H,3,5,12H2. The molecular formula is C19H15BrN2O3S. The van der Waals surface area contributed by atoms with Crippen molar-refractivity contribution in [2.24, 2.45) is 0 Å². The fourth-order valence-corrected chi connectivity index (χ4v) is 3.44. The van der Waals surface area contributed by atoms with Gasteiger partial charge in [0.1, 0.15) is 12.5 Å². The van der Waals surface area contributed by atoms with Crippen molar-refractivity contribution in [3.05, 3.63) is 82.3 Å². The van der Waals surface area contributed by atoms with E-state index in [0.29, 0.717) is 22.6 Å². The van der Waals surface area contributed by atoms with Crippen molar-refractivity contribution < 1.29 is 13.9 Å². The average molecular weight is 431 g/mol. The van der Waals surface area contributed by atoms with Gasteiger partial charge < -0.3 is 13.9 Å². The molecule has 0 saturated carbocycles. The van der Waals surface area contributed by atoms with Crippen LogP contribution in [-0.4, -0.2) is 10.2 Å². The van der Waals surface area contributed by atoms with Crippen LogP contribution in [0, 0.1) is 0 Å². The summed E-state index contributed by atoms with van der Waals surface area (Å²) in [6, 6.07) is 8.13. The fourth-order valence-electron chi connectivity index (χ4n) is 2.46. The average Bonchev–Trinajstić information content (AvgIpc) is 3.18. The predicted octanol–water partition coefficient (Wildman–Crippen LogP) is 5.59. The minimum Gasteiger partial charge on any atom is -0.465 e. The number of ether oxygens (including phenoxy) is 2. The minimum atomic E-state index is 0.306. The van der Waals surface area contributed by atoms with Gasteiger partial charge in [-0.2, -0.15) is 0 Å². The van der Waals surface area contributed by atoms with Crippen molar-refractivity contribution in [1.29, 1.82) is 0 Å². The summed E-state index contributed by atoms with van der Waals surface area (Å²) < 4.78 is 18.0. The highest BCUT2D eigenvalue weighted by Gasteiger charge is 2.21. The molecule has 1 aromatic carbocycles. The summed E-state index contributed by atoms with van der Waals surface area (Å²) >= 11 is 4.91. The number of hydrogen-bond acceptors (Lipinski definition) is 6. The normalized spacial score (nSPS) is 16.3. The zero-order chi connectivity index (χ0) is 17.8. The highest BCUT2D eigenvalue weighted by Crippen LogP contribution is 2.31. The Hall–Kier alpha value is -2.25. The highest BCUT2D eigenvalue weighted by molar-refractivity contribution is 9.10. The first-order chi connectivity index (χ1) is 12.8. The highest BCUT2D eigenvalue weighted by atomic mass is 79.9. The maximum absolute atomic E-state index is 5.89. The van der Waals surface area contributed by atoms with Crippen LogP contribution >= 0.6 is 27.7 Å². The van der Waals surface area contributed by atoms with E-state index in [1.807, 2.05) is 24.3 Å². The van der Waals surface area contributed by atoms with E-state index in [1.54, 1.807) is 6.26 Å². The van der Waals surface area contributed by atoms with Crippen molar-refractivity contribution in [3.8, 4) is 0 Å². The molecule has 0 spiro atoms. The van der Waals surface area contributed by atoms with Crippen molar-refractivity contribution in [1.82, 2.24) is 10.2 Å². The second-order valence-electron chi connectivity index (χ2n) is 5.65. The Bertz CT molecular complexity index is 913. The maximum atomic E-state index is 5.89. The summed E-state index contributed by atoms with van der Waals surface area (Å²) in [6.07, 6.45) is 11.1. The quantitative estimate of drug-likeness (QED) is 0.576. The summed E-state index contributed by atoms with van der Waals surface area (Å²) in [5.41, 5.74) is 2.26. The molecule has 0 bridgehead atoms. The Balaban J connectivity index is 1.39. The Morgan fingerprint density at radius 2 is 1.92 bits per heavy atom. The lowest BCUT2D eigenvalue weighted by atomic mass is 10.0. The van der Waals surface area contributed by atoms with Crippen LogP contribution in [0.3, 0.4) is 0 Å². The van der Waals surface area contributed by atoms with Crippen LogP contribution in [0.5, 0.6) is 0 Å². The number of thioether (sulfide) groups is 1.